The molecule has 27 heavy (non-hydrogen) atoms. The monoisotopic (exact) mass is 492 g/mol. The molecule has 3 N–H and O–H groups in total. The summed E-state index contributed by atoms with van der Waals surface area (Å²) in [7, 11) is 0. The van der Waals surface area contributed by atoms with E-state index in [2.05, 4.69) is 15.6 Å². The van der Waals surface area contributed by atoms with Crippen molar-refractivity contribution < 1.29 is 14.3 Å². The van der Waals surface area contributed by atoms with Crippen LogP contribution in [0.5, 0.6) is 5.75 Å². The fraction of sp³-hybridized carbons (Fsp3) is 0.579. The van der Waals surface area contributed by atoms with Gasteiger partial charge in [-0.05, 0) is 43.9 Å². The van der Waals surface area contributed by atoms with Gasteiger partial charge in [0.05, 0.1) is 6.54 Å². The van der Waals surface area contributed by atoms with Gasteiger partial charge in [0.15, 0.2) is 17.5 Å². The molecule has 1 saturated heterocycles. The third-order valence-corrected chi connectivity index (χ3v) is 4.34. The lowest BCUT2D eigenvalue weighted by Crippen LogP contribution is -2.39. The smallest absolute Gasteiger partial charge is 0.222 e. The highest BCUT2D eigenvalue weighted by molar-refractivity contribution is 14.0. The number of halogens is 2. The molecule has 8 heteroatoms. The maximum absolute atomic E-state index is 13.4. The number of aliphatic imine (C=N–C) groups is 1. The number of nitrogens with zero attached hydrogens (tertiary/aromatic N) is 2. The van der Waals surface area contributed by atoms with Crippen molar-refractivity contribution in [3.63, 3.8) is 0 Å². The predicted molar refractivity (Wildman–Crippen MR) is 116 cm³/mol. The van der Waals surface area contributed by atoms with Crippen molar-refractivity contribution in [2.75, 3.05) is 26.2 Å². The standard InChI is InChI=1S/C19H29FN4O2.HI/c1-2-21-19(23-14-15-8-9-17(25)16(20)13-15)22-10-6-12-24-11-5-3-4-7-18(24)26;/h8-9,13,25H,2-7,10-12,14H2,1H3,(H2,21,22,23);1H. The van der Waals surface area contributed by atoms with Crippen LogP contribution in [0.4, 0.5) is 4.39 Å². The first kappa shape index (κ1) is 23.5. The highest BCUT2D eigenvalue weighted by Gasteiger charge is 2.15. The van der Waals surface area contributed by atoms with E-state index >= 15 is 0 Å². The quantitative estimate of drug-likeness (QED) is 0.237. The van der Waals surface area contributed by atoms with E-state index in [4.69, 9.17) is 0 Å². The van der Waals surface area contributed by atoms with E-state index in [1.165, 1.54) is 12.1 Å². The maximum Gasteiger partial charge on any atom is 0.222 e. The zero-order valence-corrected chi connectivity index (χ0v) is 18.2. The summed E-state index contributed by atoms with van der Waals surface area (Å²) in [6.45, 7) is 5.35. The summed E-state index contributed by atoms with van der Waals surface area (Å²) in [6, 6.07) is 4.27. The second-order valence-corrected chi connectivity index (χ2v) is 6.45. The maximum atomic E-state index is 13.4. The van der Waals surface area contributed by atoms with E-state index in [0.717, 1.165) is 45.3 Å². The van der Waals surface area contributed by atoms with Crippen LogP contribution in [0.25, 0.3) is 0 Å². The van der Waals surface area contributed by atoms with Crippen molar-refractivity contribution in [1.82, 2.24) is 15.5 Å². The molecule has 1 aliphatic heterocycles. The van der Waals surface area contributed by atoms with Gasteiger partial charge in [-0.3, -0.25) is 4.79 Å². The summed E-state index contributed by atoms with van der Waals surface area (Å²) >= 11 is 0. The number of hydrogen-bond donors (Lipinski definition) is 3. The number of carbonyl (C=O) groups is 1. The molecule has 0 unspecified atom stereocenters. The molecule has 0 aliphatic carbocycles. The average Bonchev–Trinajstić information content (AvgIpc) is 2.83. The van der Waals surface area contributed by atoms with Crippen LogP contribution in [0, 0.1) is 5.82 Å². The van der Waals surface area contributed by atoms with Crippen molar-refractivity contribution in [1.29, 1.82) is 0 Å². The molecule has 152 valence electrons. The summed E-state index contributed by atoms with van der Waals surface area (Å²) in [6.07, 6.45) is 4.75. The van der Waals surface area contributed by atoms with Crippen molar-refractivity contribution in [3.05, 3.63) is 29.6 Å². The molecule has 1 aromatic carbocycles. The molecule has 1 heterocycles. The molecular formula is C19H30FIN4O2. The summed E-state index contributed by atoms with van der Waals surface area (Å²) in [5.74, 6) is -0.0794. The Morgan fingerprint density at radius 3 is 2.85 bits per heavy atom. The highest BCUT2D eigenvalue weighted by atomic mass is 127. The minimum Gasteiger partial charge on any atom is -0.505 e. The van der Waals surface area contributed by atoms with Crippen LogP contribution in [-0.4, -0.2) is 48.1 Å². The third kappa shape index (κ3) is 8.32. The van der Waals surface area contributed by atoms with E-state index in [9.17, 15) is 14.3 Å². The number of hydrogen-bond acceptors (Lipinski definition) is 3. The molecule has 1 amide bonds. The zero-order chi connectivity index (χ0) is 18.8. The second-order valence-electron chi connectivity index (χ2n) is 6.45. The van der Waals surface area contributed by atoms with E-state index in [0.29, 0.717) is 31.0 Å². The second kappa shape index (κ2) is 12.7. The minimum atomic E-state index is -0.641. The number of phenolic OH excluding ortho intramolecular Hbond substituents is 1. The van der Waals surface area contributed by atoms with Crippen LogP contribution in [0.2, 0.25) is 0 Å². The van der Waals surface area contributed by atoms with E-state index < -0.39 is 5.82 Å². The molecule has 0 bridgehead atoms. The minimum absolute atomic E-state index is 0. The Bertz CT molecular complexity index is 628. The van der Waals surface area contributed by atoms with Crippen LogP contribution < -0.4 is 10.6 Å². The normalized spacial score (nSPS) is 15.1. The van der Waals surface area contributed by atoms with Gasteiger partial charge in [0, 0.05) is 32.6 Å². The van der Waals surface area contributed by atoms with Crippen LogP contribution in [0.3, 0.4) is 0 Å². The lowest BCUT2D eigenvalue weighted by molar-refractivity contribution is -0.130. The van der Waals surface area contributed by atoms with Crippen LogP contribution in [0.1, 0.15) is 44.6 Å². The van der Waals surface area contributed by atoms with Gasteiger partial charge in [-0.15, -0.1) is 24.0 Å². The predicted octanol–water partition coefficient (Wildman–Crippen LogP) is 3.00. The van der Waals surface area contributed by atoms with Crippen molar-refractivity contribution in [2.45, 2.75) is 45.6 Å². The first-order chi connectivity index (χ1) is 12.6. The van der Waals surface area contributed by atoms with Gasteiger partial charge in [0.25, 0.3) is 0 Å². The zero-order valence-electron chi connectivity index (χ0n) is 15.8. The Morgan fingerprint density at radius 2 is 2.11 bits per heavy atom. The molecule has 1 fully saturated rings. The van der Waals surface area contributed by atoms with Crippen LogP contribution in [0.15, 0.2) is 23.2 Å². The Labute approximate surface area is 177 Å². The number of rotatable bonds is 7. The molecule has 1 aromatic rings. The molecule has 0 saturated carbocycles. The number of guanidine groups is 1. The number of nitrogens with one attached hydrogen (secondary N) is 2. The Hall–Kier alpha value is -1.58. The highest BCUT2D eigenvalue weighted by Crippen LogP contribution is 2.16. The summed E-state index contributed by atoms with van der Waals surface area (Å²) in [5.41, 5.74) is 0.688. The fourth-order valence-corrected chi connectivity index (χ4v) is 2.91. The van der Waals surface area contributed by atoms with E-state index in [1.54, 1.807) is 6.07 Å². The van der Waals surface area contributed by atoms with Gasteiger partial charge < -0.3 is 20.6 Å². The van der Waals surface area contributed by atoms with E-state index in [-0.39, 0.29) is 35.6 Å². The van der Waals surface area contributed by atoms with Crippen LogP contribution >= 0.6 is 24.0 Å². The molecule has 2 rings (SSSR count). The molecule has 0 aromatic heterocycles. The van der Waals surface area contributed by atoms with Crippen molar-refractivity contribution in [2.24, 2.45) is 4.99 Å². The van der Waals surface area contributed by atoms with Gasteiger partial charge in [-0.1, -0.05) is 12.5 Å². The van der Waals surface area contributed by atoms with Crippen molar-refractivity contribution >= 4 is 35.8 Å². The van der Waals surface area contributed by atoms with Gasteiger partial charge in [-0.25, -0.2) is 9.38 Å². The number of likely N-dealkylation sites (tertiary alicyclic amines) is 1. The number of phenols is 1. The molecule has 1 aliphatic rings. The first-order valence-electron chi connectivity index (χ1n) is 9.37. The Balaban J connectivity index is 0.00000364. The molecule has 0 atom stereocenters. The lowest BCUT2D eigenvalue weighted by atomic mass is 10.2. The molecular weight excluding hydrogens is 462 g/mol. The van der Waals surface area contributed by atoms with Gasteiger partial charge in [0.2, 0.25) is 5.91 Å². The van der Waals surface area contributed by atoms with E-state index in [1.807, 2.05) is 11.8 Å². The number of benzene rings is 1. The molecule has 6 nitrogen and oxygen atoms in total. The topological polar surface area (TPSA) is 77.0 Å². The number of aromatic hydroxyl groups is 1. The Morgan fingerprint density at radius 1 is 1.30 bits per heavy atom. The third-order valence-electron chi connectivity index (χ3n) is 4.34. The largest absolute Gasteiger partial charge is 0.505 e. The number of amides is 1. The van der Waals surface area contributed by atoms with Gasteiger partial charge in [0.1, 0.15) is 0 Å². The summed E-state index contributed by atoms with van der Waals surface area (Å²) in [4.78, 5) is 18.4. The van der Waals surface area contributed by atoms with Gasteiger partial charge >= 0.3 is 0 Å². The average molecular weight is 492 g/mol. The summed E-state index contributed by atoms with van der Waals surface area (Å²) < 4.78 is 13.4. The summed E-state index contributed by atoms with van der Waals surface area (Å²) in [5, 5.41) is 15.6. The SMILES string of the molecule is CCNC(=NCc1ccc(O)c(F)c1)NCCCN1CCCCCC1=O.I. The van der Waals surface area contributed by atoms with Crippen LogP contribution in [-0.2, 0) is 11.3 Å². The Kier molecular flexibility index (Phi) is 11.1. The first-order valence-corrected chi connectivity index (χ1v) is 9.37. The molecule has 0 radical (unpaired) electrons. The van der Waals surface area contributed by atoms with Crippen molar-refractivity contribution in [3.8, 4) is 5.75 Å². The molecule has 0 spiro atoms. The number of carbonyl (C=O) groups excluding carboxylic acids is 1. The fourth-order valence-electron chi connectivity index (χ4n) is 2.91. The lowest BCUT2D eigenvalue weighted by Gasteiger charge is -2.20. The van der Waals surface area contributed by atoms with Gasteiger partial charge in [-0.2, -0.15) is 0 Å².